The van der Waals surface area contributed by atoms with Crippen LogP contribution in [-0.4, -0.2) is 67.3 Å². The van der Waals surface area contributed by atoms with Crippen molar-refractivity contribution in [3.63, 3.8) is 0 Å². The third-order valence-electron chi connectivity index (χ3n) is 6.26. The van der Waals surface area contributed by atoms with E-state index in [-0.39, 0.29) is 22.8 Å². The number of urea groups is 1. The zero-order chi connectivity index (χ0) is 23.4. The number of aromatic amines is 1. The Morgan fingerprint density at radius 1 is 1.09 bits per heavy atom. The average molecular weight is 474 g/mol. The molecule has 3 heterocycles. The van der Waals surface area contributed by atoms with Crippen LogP contribution in [0.5, 0.6) is 0 Å². The zero-order valence-corrected chi connectivity index (χ0v) is 19.7. The summed E-state index contributed by atoms with van der Waals surface area (Å²) in [5.74, 6) is -0.142. The first-order valence-corrected chi connectivity index (χ1v) is 12.9. The largest absolute Gasteiger partial charge is 0.356 e. The number of carbonyl (C=O) groups is 2. The third kappa shape index (κ3) is 5.56. The fourth-order valence-corrected chi connectivity index (χ4v) is 5.90. The van der Waals surface area contributed by atoms with E-state index >= 15 is 0 Å². The lowest BCUT2D eigenvalue weighted by Gasteiger charge is -2.31. The molecule has 2 fully saturated rings. The van der Waals surface area contributed by atoms with E-state index in [4.69, 9.17) is 0 Å². The van der Waals surface area contributed by atoms with E-state index in [1.54, 1.807) is 4.90 Å². The molecule has 0 spiro atoms. The number of likely N-dealkylation sites (tertiary alicyclic amines) is 1. The summed E-state index contributed by atoms with van der Waals surface area (Å²) in [7, 11) is -3.72. The molecule has 33 heavy (non-hydrogen) atoms. The predicted molar refractivity (Wildman–Crippen MR) is 126 cm³/mol. The number of anilines is 1. The fourth-order valence-electron chi connectivity index (χ4n) is 4.35. The molecule has 0 aliphatic carbocycles. The first kappa shape index (κ1) is 23.3. The van der Waals surface area contributed by atoms with Gasteiger partial charge < -0.3 is 20.5 Å². The number of hydrogen-bond donors (Lipinski definition) is 3. The van der Waals surface area contributed by atoms with Crippen molar-refractivity contribution >= 4 is 27.6 Å². The summed E-state index contributed by atoms with van der Waals surface area (Å²) in [5, 5.41) is 5.64. The van der Waals surface area contributed by atoms with Crippen molar-refractivity contribution in [1.82, 2.24) is 19.5 Å². The van der Waals surface area contributed by atoms with E-state index in [9.17, 15) is 18.0 Å². The van der Waals surface area contributed by atoms with E-state index < -0.39 is 10.0 Å². The summed E-state index contributed by atoms with van der Waals surface area (Å²) in [6.07, 6.45) is 4.90. The summed E-state index contributed by atoms with van der Waals surface area (Å²) in [5.41, 5.74) is 2.12. The van der Waals surface area contributed by atoms with Crippen LogP contribution in [0, 0.1) is 12.8 Å². The quantitative estimate of drug-likeness (QED) is 0.598. The van der Waals surface area contributed by atoms with Crippen LogP contribution in [0.3, 0.4) is 0 Å². The minimum atomic E-state index is -3.72. The van der Waals surface area contributed by atoms with Gasteiger partial charge in [0.2, 0.25) is 10.0 Å². The van der Waals surface area contributed by atoms with Crippen molar-refractivity contribution in [2.75, 3.05) is 38.0 Å². The van der Waals surface area contributed by atoms with Gasteiger partial charge in [-0.3, -0.25) is 4.79 Å². The van der Waals surface area contributed by atoms with Gasteiger partial charge in [-0.2, -0.15) is 4.31 Å². The number of rotatable bonds is 6. The van der Waals surface area contributed by atoms with Crippen molar-refractivity contribution in [2.24, 2.45) is 5.92 Å². The first-order valence-electron chi connectivity index (χ1n) is 11.4. The van der Waals surface area contributed by atoms with Crippen LogP contribution in [0.1, 0.15) is 41.7 Å². The molecule has 4 rings (SSSR count). The van der Waals surface area contributed by atoms with Crippen molar-refractivity contribution in [3.8, 4) is 0 Å². The summed E-state index contributed by atoms with van der Waals surface area (Å²) in [6.45, 7) is 4.53. The van der Waals surface area contributed by atoms with Crippen LogP contribution < -0.4 is 10.6 Å². The molecule has 0 bridgehead atoms. The third-order valence-corrected chi connectivity index (χ3v) is 8.10. The monoisotopic (exact) mass is 473 g/mol. The molecule has 3 N–H and O–H groups in total. The van der Waals surface area contributed by atoms with Gasteiger partial charge in [-0.25, -0.2) is 13.2 Å². The lowest BCUT2D eigenvalue weighted by Crippen LogP contribution is -2.44. The summed E-state index contributed by atoms with van der Waals surface area (Å²) in [4.78, 5) is 29.5. The molecule has 2 aliphatic heterocycles. The molecule has 0 saturated carbocycles. The molecule has 1 aromatic carbocycles. The number of aromatic nitrogens is 1. The van der Waals surface area contributed by atoms with Gasteiger partial charge in [-0.1, -0.05) is 17.7 Å². The molecule has 0 radical (unpaired) electrons. The number of nitrogens with one attached hydrogen (secondary N) is 3. The lowest BCUT2D eigenvalue weighted by atomic mass is 10.00. The number of sulfonamides is 1. The maximum Gasteiger partial charge on any atom is 0.319 e. The van der Waals surface area contributed by atoms with Gasteiger partial charge in [0.05, 0.1) is 0 Å². The molecule has 1 atom stereocenters. The van der Waals surface area contributed by atoms with E-state index in [2.05, 4.69) is 15.6 Å². The highest BCUT2D eigenvalue weighted by Gasteiger charge is 2.32. The highest BCUT2D eigenvalue weighted by molar-refractivity contribution is 7.89. The van der Waals surface area contributed by atoms with Crippen LogP contribution >= 0.6 is 0 Å². The van der Waals surface area contributed by atoms with Gasteiger partial charge in [0.15, 0.2) is 0 Å². The van der Waals surface area contributed by atoms with Crippen LogP contribution in [0.4, 0.5) is 10.5 Å². The Morgan fingerprint density at radius 3 is 2.55 bits per heavy atom. The molecular formula is C23H31N5O4S. The normalized spacial score (nSPS) is 19.4. The van der Waals surface area contributed by atoms with Gasteiger partial charge in [-0.05, 0) is 56.7 Å². The molecule has 178 valence electrons. The van der Waals surface area contributed by atoms with Crippen LogP contribution in [-0.2, 0) is 10.0 Å². The Hall–Kier alpha value is -2.85. The Labute approximate surface area is 194 Å². The van der Waals surface area contributed by atoms with Crippen LogP contribution in [0.15, 0.2) is 41.4 Å². The van der Waals surface area contributed by atoms with Crippen LogP contribution in [0.25, 0.3) is 0 Å². The maximum absolute atomic E-state index is 13.2. The standard InChI is InChI=1S/C23H31N5O4S/c1-17-6-8-19(9-7-17)26-23(30)25-14-18-5-4-12-28(16-18)33(31,32)20-13-21(24-15-20)22(29)27-10-2-3-11-27/h6-9,13,15,18,24H,2-5,10-12,14,16H2,1H3,(H2,25,26,30). The molecular weight excluding hydrogens is 442 g/mol. The highest BCUT2D eigenvalue weighted by Crippen LogP contribution is 2.25. The number of amides is 3. The summed E-state index contributed by atoms with van der Waals surface area (Å²) >= 11 is 0. The van der Waals surface area contributed by atoms with E-state index in [0.29, 0.717) is 44.1 Å². The van der Waals surface area contributed by atoms with Gasteiger partial charge in [0.25, 0.3) is 5.91 Å². The van der Waals surface area contributed by atoms with Crippen molar-refractivity contribution in [2.45, 2.75) is 37.5 Å². The first-order chi connectivity index (χ1) is 15.8. The second kappa shape index (κ2) is 9.96. The van der Waals surface area contributed by atoms with E-state index in [0.717, 1.165) is 31.2 Å². The maximum atomic E-state index is 13.2. The van der Waals surface area contributed by atoms with Gasteiger partial charge >= 0.3 is 6.03 Å². The van der Waals surface area contributed by atoms with Crippen LogP contribution in [0.2, 0.25) is 0 Å². The van der Waals surface area contributed by atoms with Crippen molar-refractivity contribution in [1.29, 1.82) is 0 Å². The van der Waals surface area contributed by atoms with Gasteiger partial charge in [-0.15, -0.1) is 0 Å². The Kier molecular flexibility index (Phi) is 7.04. The second-order valence-electron chi connectivity index (χ2n) is 8.82. The SMILES string of the molecule is Cc1ccc(NC(=O)NCC2CCCN(S(=O)(=O)c3c[nH]c(C(=O)N4CCCC4)c3)C2)cc1. The Bertz CT molecular complexity index is 1090. The molecule has 2 aliphatic rings. The van der Waals surface area contributed by atoms with E-state index in [1.807, 2.05) is 31.2 Å². The number of carbonyl (C=O) groups excluding carboxylic acids is 2. The number of H-pyrrole nitrogens is 1. The second-order valence-corrected chi connectivity index (χ2v) is 10.8. The molecule has 1 aromatic heterocycles. The highest BCUT2D eigenvalue weighted by atomic mass is 32.2. The fraction of sp³-hybridized carbons (Fsp3) is 0.478. The predicted octanol–water partition coefficient (Wildman–Crippen LogP) is 2.78. The molecule has 10 heteroatoms. The molecule has 1 unspecified atom stereocenters. The number of nitrogens with zero attached hydrogens (tertiary/aromatic N) is 2. The lowest BCUT2D eigenvalue weighted by molar-refractivity contribution is 0.0787. The van der Waals surface area contributed by atoms with E-state index in [1.165, 1.54) is 16.6 Å². The number of benzene rings is 1. The zero-order valence-electron chi connectivity index (χ0n) is 18.8. The van der Waals surface area contributed by atoms with Gasteiger partial charge in [0.1, 0.15) is 10.6 Å². The Balaban J connectivity index is 1.33. The number of aryl methyl sites for hydroxylation is 1. The molecule has 2 saturated heterocycles. The van der Waals surface area contributed by atoms with Gasteiger partial charge in [0, 0.05) is 44.6 Å². The Morgan fingerprint density at radius 2 is 1.82 bits per heavy atom. The minimum Gasteiger partial charge on any atom is -0.356 e. The average Bonchev–Trinajstić information content (AvgIpc) is 3.52. The summed E-state index contributed by atoms with van der Waals surface area (Å²) in [6, 6.07) is 8.64. The topological polar surface area (TPSA) is 115 Å². The minimum absolute atomic E-state index is 0.0157. The number of hydrogen-bond acceptors (Lipinski definition) is 4. The van der Waals surface area contributed by atoms with Crippen molar-refractivity contribution in [3.05, 3.63) is 47.8 Å². The smallest absolute Gasteiger partial charge is 0.319 e. The molecule has 3 amide bonds. The summed E-state index contributed by atoms with van der Waals surface area (Å²) < 4.78 is 27.8. The molecule has 2 aromatic rings. The molecule has 9 nitrogen and oxygen atoms in total. The van der Waals surface area contributed by atoms with Crippen molar-refractivity contribution < 1.29 is 18.0 Å². The number of piperidine rings is 1.